The van der Waals surface area contributed by atoms with Gasteiger partial charge in [-0.1, -0.05) is 29.8 Å². The molecule has 0 fully saturated rings. The molecule has 0 N–H and O–H groups in total. The van der Waals surface area contributed by atoms with E-state index in [0.717, 1.165) is 18.2 Å². The van der Waals surface area contributed by atoms with Gasteiger partial charge in [0.25, 0.3) is 0 Å². The van der Waals surface area contributed by atoms with E-state index in [1.807, 2.05) is 19.4 Å². The van der Waals surface area contributed by atoms with E-state index in [-0.39, 0.29) is 0 Å². The van der Waals surface area contributed by atoms with Gasteiger partial charge >= 0.3 is 0 Å². The van der Waals surface area contributed by atoms with Gasteiger partial charge in [-0.05, 0) is 12.3 Å². The van der Waals surface area contributed by atoms with Crippen molar-refractivity contribution < 1.29 is 0 Å². The van der Waals surface area contributed by atoms with Gasteiger partial charge < -0.3 is 4.57 Å². The molecule has 1 atom stereocenters. The van der Waals surface area contributed by atoms with Crippen LogP contribution in [-0.2, 0) is 13.5 Å². The monoisotopic (exact) mass is 244 g/mol. The Labute approximate surface area is 88.5 Å². The topological polar surface area (TPSA) is 17.8 Å². The van der Waals surface area contributed by atoms with E-state index < -0.39 is 0 Å². The number of imidazole rings is 1. The van der Waals surface area contributed by atoms with Gasteiger partial charge in [0, 0.05) is 30.7 Å². The predicted molar refractivity (Wildman–Crippen MR) is 59.1 cm³/mol. The van der Waals surface area contributed by atoms with Crippen molar-refractivity contribution in [2.75, 3.05) is 0 Å². The average Bonchev–Trinajstić information content (AvgIpc) is 2.34. The molecule has 0 spiro atoms. The van der Waals surface area contributed by atoms with Crippen LogP contribution in [0, 0.1) is 5.92 Å². The molecule has 0 bridgehead atoms. The van der Waals surface area contributed by atoms with Crippen LogP contribution in [0.5, 0.6) is 0 Å². The molecule has 1 heterocycles. The van der Waals surface area contributed by atoms with E-state index in [1.165, 1.54) is 6.42 Å². The molecule has 0 saturated carbocycles. The summed E-state index contributed by atoms with van der Waals surface area (Å²) < 4.78 is 2.08. The molecule has 0 aliphatic carbocycles. The molecular weight excluding hydrogens is 228 g/mol. The first-order valence-electron chi connectivity index (χ1n) is 4.70. The van der Waals surface area contributed by atoms with Crippen LogP contribution in [-0.4, -0.2) is 14.4 Å². The molecule has 1 aromatic heterocycles. The largest absolute Gasteiger partial charge is 0.338 e. The standard InChI is InChI=1S/C10H17BrN2/c1-8(2)6-9(11)7-10-12-4-5-13(10)3/h4-5,8-9H,6-7H2,1-3H3. The number of hydrogen-bond donors (Lipinski definition) is 0. The highest BCUT2D eigenvalue weighted by Crippen LogP contribution is 2.16. The summed E-state index contributed by atoms with van der Waals surface area (Å²) in [4.78, 5) is 4.85. The zero-order valence-electron chi connectivity index (χ0n) is 8.50. The summed E-state index contributed by atoms with van der Waals surface area (Å²) in [5, 5.41) is 0. The van der Waals surface area contributed by atoms with Gasteiger partial charge in [-0.15, -0.1) is 0 Å². The van der Waals surface area contributed by atoms with Crippen LogP contribution < -0.4 is 0 Å². The van der Waals surface area contributed by atoms with Crippen LogP contribution in [0.25, 0.3) is 0 Å². The first kappa shape index (κ1) is 10.8. The van der Waals surface area contributed by atoms with Gasteiger partial charge in [-0.25, -0.2) is 4.98 Å². The van der Waals surface area contributed by atoms with Crippen LogP contribution in [0.2, 0.25) is 0 Å². The molecular formula is C10H17BrN2. The fourth-order valence-corrected chi connectivity index (χ4v) is 2.42. The molecule has 0 saturated heterocycles. The minimum atomic E-state index is 0.550. The summed E-state index contributed by atoms with van der Waals surface area (Å²) in [6.07, 6.45) is 6.06. The van der Waals surface area contributed by atoms with E-state index >= 15 is 0 Å². The summed E-state index contributed by atoms with van der Waals surface area (Å²) in [6, 6.07) is 0. The summed E-state index contributed by atoms with van der Waals surface area (Å²) in [7, 11) is 2.04. The van der Waals surface area contributed by atoms with E-state index in [9.17, 15) is 0 Å². The van der Waals surface area contributed by atoms with Crippen LogP contribution >= 0.6 is 15.9 Å². The predicted octanol–water partition coefficient (Wildman–Crippen LogP) is 2.77. The Morgan fingerprint density at radius 3 is 2.69 bits per heavy atom. The van der Waals surface area contributed by atoms with Crippen LogP contribution in [0.1, 0.15) is 26.1 Å². The number of aryl methyl sites for hydroxylation is 1. The molecule has 1 aromatic rings. The minimum absolute atomic E-state index is 0.550. The maximum absolute atomic E-state index is 4.30. The first-order valence-corrected chi connectivity index (χ1v) is 5.61. The normalized spacial score (nSPS) is 13.6. The Balaban J connectivity index is 2.45. The van der Waals surface area contributed by atoms with Crippen molar-refractivity contribution in [3.63, 3.8) is 0 Å². The van der Waals surface area contributed by atoms with Gasteiger partial charge in [0.1, 0.15) is 5.82 Å². The van der Waals surface area contributed by atoms with E-state index in [4.69, 9.17) is 0 Å². The lowest BCUT2D eigenvalue weighted by atomic mass is 10.1. The quantitative estimate of drug-likeness (QED) is 0.746. The molecule has 1 rings (SSSR count). The van der Waals surface area contributed by atoms with Crippen molar-refractivity contribution in [1.82, 2.24) is 9.55 Å². The number of nitrogens with zero attached hydrogens (tertiary/aromatic N) is 2. The summed E-state index contributed by atoms with van der Waals surface area (Å²) in [6.45, 7) is 4.49. The van der Waals surface area contributed by atoms with Crippen molar-refractivity contribution in [1.29, 1.82) is 0 Å². The van der Waals surface area contributed by atoms with E-state index in [0.29, 0.717) is 4.83 Å². The molecule has 0 aromatic carbocycles. The van der Waals surface area contributed by atoms with Gasteiger partial charge in [0.2, 0.25) is 0 Å². The maximum atomic E-state index is 4.30. The molecule has 74 valence electrons. The van der Waals surface area contributed by atoms with Crippen molar-refractivity contribution >= 4 is 15.9 Å². The number of rotatable bonds is 4. The Morgan fingerprint density at radius 2 is 2.23 bits per heavy atom. The highest BCUT2D eigenvalue weighted by Gasteiger charge is 2.10. The lowest BCUT2D eigenvalue weighted by Crippen LogP contribution is -2.10. The second-order valence-corrected chi connectivity index (χ2v) is 5.18. The second-order valence-electron chi connectivity index (χ2n) is 3.89. The SMILES string of the molecule is CC(C)CC(Br)Cc1nccn1C. The van der Waals surface area contributed by atoms with Crippen molar-refractivity contribution in [3.05, 3.63) is 18.2 Å². The smallest absolute Gasteiger partial charge is 0.109 e. The molecule has 0 aliphatic rings. The third-order valence-electron chi connectivity index (χ3n) is 2.05. The molecule has 13 heavy (non-hydrogen) atoms. The van der Waals surface area contributed by atoms with Gasteiger partial charge in [-0.3, -0.25) is 0 Å². The third kappa shape index (κ3) is 3.51. The molecule has 3 heteroatoms. The molecule has 2 nitrogen and oxygen atoms in total. The Kier molecular flexibility index (Phi) is 3.97. The van der Waals surface area contributed by atoms with Crippen LogP contribution in [0.15, 0.2) is 12.4 Å². The Hall–Kier alpha value is -0.310. The molecule has 0 radical (unpaired) electrons. The highest BCUT2D eigenvalue weighted by molar-refractivity contribution is 9.09. The third-order valence-corrected chi connectivity index (χ3v) is 2.75. The lowest BCUT2D eigenvalue weighted by molar-refractivity contribution is 0.561. The highest BCUT2D eigenvalue weighted by atomic mass is 79.9. The Bertz CT molecular complexity index is 255. The van der Waals surface area contributed by atoms with Crippen molar-refractivity contribution in [2.45, 2.75) is 31.5 Å². The van der Waals surface area contributed by atoms with Crippen molar-refractivity contribution in [3.8, 4) is 0 Å². The minimum Gasteiger partial charge on any atom is -0.338 e. The molecule has 1 unspecified atom stereocenters. The van der Waals surface area contributed by atoms with Crippen LogP contribution in [0.4, 0.5) is 0 Å². The average molecular weight is 245 g/mol. The van der Waals surface area contributed by atoms with Gasteiger partial charge in [0.15, 0.2) is 0 Å². The summed E-state index contributed by atoms with van der Waals surface area (Å²) in [5.41, 5.74) is 0. The van der Waals surface area contributed by atoms with E-state index in [2.05, 4.69) is 39.3 Å². The van der Waals surface area contributed by atoms with Crippen LogP contribution in [0.3, 0.4) is 0 Å². The molecule has 0 amide bonds. The van der Waals surface area contributed by atoms with Gasteiger partial charge in [0.05, 0.1) is 0 Å². The fraction of sp³-hybridized carbons (Fsp3) is 0.700. The summed E-state index contributed by atoms with van der Waals surface area (Å²) in [5.74, 6) is 1.90. The van der Waals surface area contributed by atoms with E-state index in [1.54, 1.807) is 0 Å². The van der Waals surface area contributed by atoms with Crippen molar-refractivity contribution in [2.24, 2.45) is 13.0 Å². The summed E-state index contributed by atoms with van der Waals surface area (Å²) >= 11 is 3.68. The number of aromatic nitrogens is 2. The Morgan fingerprint density at radius 1 is 1.54 bits per heavy atom. The van der Waals surface area contributed by atoms with Gasteiger partial charge in [-0.2, -0.15) is 0 Å². The number of halogens is 1. The zero-order chi connectivity index (χ0) is 9.84. The zero-order valence-corrected chi connectivity index (χ0v) is 10.1. The molecule has 0 aliphatic heterocycles. The number of alkyl halides is 1. The fourth-order valence-electron chi connectivity index (χ4n) is 1.39. The maximum Gasteiger partial charge on any atom is 0.109 e. The second kappa shape index (κ2) is 4.80. The lowest BCUT2D eigenvalue weighted by Gasteiger charge is -2.11. The first-order chi connectivity index (χ1) is 6.09. The number of hydrogen-bond acceptors (Lipinski definition) is 1.